The van der Waals surface area contributed by atoms with Crippen molar-refractivity contribution in [1.29, 1.82) is 0 Å². The number of likely N-dealkylation sites (N-methyl/N-ethyl adjacent to an activating group) is 1. The molecular formula is C17H21ClN3O3+. The van der Waals surface area contributed by atoms with Crippen molar-refractivity contribution in [1.82, 2.24) is 10.6 Å². The van der Waals surface area contributed by atoms with Crippen LogP contribution in [0.3, 0.4) is 0 Å². The highest BCUT2D eigenvalue weighted by Gasteiger charge is 2.24. The lowest BCUT2D eigenvalue weighted by atomic mass is 10.2. The summed E-state index contributed by atoms with van der Waals surface area (Å²) >= 11 is 5.88. The number of halogens is 1. The van der Waals surface area contributed by atoms with Crippen molar-refractivity contribution in [2.45, 2.75) is 19.5 Å². The van der Waals surface area contributed by atoms with Gasteiger partial charge < -0.3 is 14.6 Å². The maximum atomic E-state index is 12.0. The Morgan fingerprint density at radius 2 is 1.88 bits per heavy atom. The molecule has 0 spiro atoms. The average Bonchev–Trinajstić information content (AvgIpc) is 3.02. The van der Waals surface area contributed by atoms with E-state index in [2.05, 4.69) is 10.6 Å². The van der Waals surface area contributed by atoms with Gasteiger partial charge in [0.1, 0.15) is 12.3 Å². The van der Waals surface area contributed by atoms with Gasteiger partial charge in [0.05, 0.1) is 7.05 Å². The molecule has 1 unspecified atom stereocenters. The minimum Gasteiger partial charge on any atom is -0.455 e. The topological polar surface area (TPSA) is 75.8 Å². The monoisotopic (exact) mass is 350 g/mol. The van der Waals surface area contributed by atoms with Gasteiger partial charge in [0.2, 0.25) is 0 Å². The minimum absolute atomic E-state index is 0.337. The number of amides is 3. The molecule has 3 N–H and O–H groups in total. The number of furan rings is 1. The number of carbonyl (C=O) groups excluding carboxylic acids is 2. The molecule has 0 aliphatic carbocycles. The quantitative estimate of drug-likeness (QED) is 0.764. The van der Waals surface area contributed by atoms with Gasteiger partial charge in [-0.3, -0.25) is 10.1 Å². The highest BCUT2D eigenvalue weighted by Crippen LogP contribution is 2.23. The van der Waals surface area contributed by atoms with Crippen LogP contribution < -0.4 is 15.5 Å². The normalized spacial score (nSPS) is 13.2. The average molecular weight is 351 g/mol. The molecule has 0 fully saturated rings. The van der Waals surface area contributed by atoms with Crippen LogP contribution in [0.15, 0.2) is 40.8 Å². The summed E-state index contributed by atoms with van der Waals surface area (Å²) in [6.07, 6.45) is 0. The van der Waals surface area contributed by atoms with Crippen LogP contribution >= 0.6 is 11.6 Å². The molecule has 128 valence electrons. The summed E-state index contributed by atoms with van der Waals surface area (Å²) in [7, 11) is 3.34. The number of quaternary nitrogens is 1. The lowest BCUT2D eigenvalue weighted by molar-refractivity contribution is -0.909. The summed E-state index contributed by atoms with van der Waals surface area (Å²) in [4.78, 5) is 24.1. The number of benzene rings is 1. The van der Waals surface area contributed by atoms with E-state index in [-0.39, 0.29) is 5.91 Å². The molecule has 0 aliphatic heterocycles. The second kappa shape index (κ2) is 7.99. The van der Waals surface area contributed by atoms with Crippen LogP contribution in [0.1, 0.15) is 12.7 Å². The maximum Gasteiger partial charge on any atom is 0.321 e. The number of imide groups is 1. The van der Waals surface area contributed by atoms with E-state index in [1.165, 1.54) is 7.05 Å². The maximum absolute atomic E-state index is 12.0. The van der Waals surface area contributed by atoms with Gasteiger partial charge in [0, 0.05) is 17.6 Å². The van der Waals surface area contributed by atoms with Crippen LogP contribution in [0.25, 0.3) is 11.3 Å². The Balaban J connectivity index is 1.99. The molecule has 2 aromatic rings. The van der Waals surface area contributed by atoms with Crippen molar-refractivity contribution in [3.63, 3.8) is 0 Å². The van der Waals surface area contributed by atoms with Crippen molar-refractivity contribution >= 4 is 23.5 Å². The van der Waals surface area contributed by atoms with Crippen LogP contribution in [0.4, 0.5) is 4.79 Å². The van der Waals surface area contributed by atoms with E-state index < -0.39 is 12.1 Å². The molecule has 3 amide bonds. The Morgan fingerprint density at radius 3 is 2.50 bits per heavy atom. The summed E-state index contributed by atoms with van der Waals surface area (Å²) in [6.45, 7) is 2.28. The largest absolute Gasteiger partial charge is 0.455 e. The lowest BCUT2D eigenvalue weighted by Crippen LogP contribution is -3.12. The summed E-state index contributed by atoms with van der Waals surface area (Å²) in [5.41, 5.74) is 0.939. The number of hydrogen-bond acceptors (Lipinski definition) is 3. The molecule has 2 atom stereocenters. The first-order valence-electron chi connectivity index (χ1n) is 7.60. The Morgan fingerprint density at radius 1 is 1.21 bits per heavy atom. The lowest BCUT2D eigenvalue weighted by Gasteiger charge is -2.19. The van der Waals surface area contributed by atoms with Crippen molar-refractivity contribution in [3.05, 3.63) is 47.2 Å². The standard InChI is InChI=1S/C17H20ClN3O3/c1-11(16(22)20-17(23)19-2)21(3)10-14-8-9-15(24-14)12-4-6-13(18)7-5-12/h4-9,11H,10H2,1-3H3,(H2,19,20,22,23)/p+1/t11-/m1/s1. The number of rotatable bonds is 5. The second-order valence-electron chi connectivity index (χ2n) is 5.59. The van der Waals surface area contributed by atoms with Gasteiger partial charge in [-0.25, -0.2) is 4.79 Å². The molecular weight excluding hydrogens is 330 g/mol. The Labute approximate surface area is 145 Å². The van der Waals surface area contributed by atoms with Gasteiger partial charge in [0.15, 0.2) is 11.8 Å². The fourth-order valence-corrected chi connectivity index (χ4v) is 2.30. The second-order valence-corrected chi connectivity index (χ2v) is 6.02. The van der Waals surface area contributed by atoms with Gasteiger partial charge in [-0.05, 0) is 43.3 Å². The van der Waals surface area contributed by atoms with Crippen LogP contribution in [0, 0.1) is 0 Å². The Hall–Kier alpha value is -2.31. The molecule has 7 heteroatoms. The highest BCUT2D eigenvalue weighted by molar-refractivity contribution is 6.30. The number of carbonyl (C=O) groups is 2. The molecule has 6 nitrogen and oxygen atoms in total. The van der Waals surface area contributed by atoms with E-state index in [1.54, 1.807) is 6.92 Å². The zero-order valence-electron chi connectivity index (χ0n) is 13.9. The van der Waals surface area contributed by atoms with E-state index in [1.807, 2.05) is 43.4 Å². The number of urea groups is 1. The molecule has 0 radical (unpaired) electrons. The summed E-state index contributed by atoms with van der Waals surface area (Å²) in [5.74, 6) is 1.17. The smallest absolute Gasteiger partial charge is 0.321 e. The first-order chi connectivity index (χ1) is 11.4. The highest BCUT2D eigenvalue weighted by atomic mass is 35.5. The van der Waals surface area contributed by atoms with Crippen LogP contribution in [-0.2, 0) is 11.3 Å². The zero-order chi connectivity index (χ0) is 17.7. The van der Waals surface area contributed by atoms with E-state index >= 15 is 0 Å². The van der Waals surface area contributed by atoms with Crippen molar-refractivity contribution in [2.24, 2.45) is 0 Å². The summed E-state index contributed by atoms with van der Waals surface area (Å²) < 4.78 is 5.84. The van der Waals surface area contributed by atoms with Gasteiger partial charge in [-0.1, -0.05) is 11.6 Å². The molecule has 1 aromatic carbocycles. The Kier molecular flexibility index (Phi) is 6.00. The Bertz CT molecular complexity index is 712. The zero-order valence-corrected chi connectivity index (χ0v) is 14.6. The van der Waals surface area contributed by atoms with Gasteiger partial charge >= 0.3 is 6.03 Å². The number of nitrogens with one attached hydrogen (secondary N) is 3. The van der Waals surface area contributed by atoms with E-state index in [4.69, 9.17) is 16.0 Å². The molecule has 24 heavy (non-hydrogen) atoms. The molecule has 0 bridgehead atoms. The van der Waals surface area contributed by atoms with E-state index in [9.17, 15) is 9.59 Å². The third kappa shape index (κ3) is 4.59. The predicted molar refractivity (Wildman–Crippen MR) is 91.8 cm³/mol. The first-order valence-corrected chi connectivity index (χ1v) is 7.98. The fourth-order valence-electron chi connectivity index (χ4n) is 2.18. The molecule has 1 heterocycles. The molecule has 1 aromatic heterocycles. The SMILES string of the molecule is CNC(=O)NC(=O)[C@@H](C)[NH+](C)Cc1ccc(-c2ccc(Cl)cc2)o1. The predicted octanol–water partition coefficient (Wildman–Crippen LogP) is 1.46. The van der Waals surface area contributed by atoms with Crippen molar-refractivity contribution in [2.75, 3.05) is 14.1 Å². The van der Waals surface area contributed by atoms with Crippen molar-refractivity contribution in [3.8, 4) is 11.3 Å². The molecule has 0 saturated heterocycles. The molecule has 0 aliphatic rings. The van der Waals surface area contributed by atoms with Crippen LogP contribution in [0.2, 0.25) is 5.02 Å². The minimum atomic E-state index is -0.511. The summed E-state index contributed by atoms with van der Waals surface area (Å²) in [6, 6.07) is 10.3. The van der Waals surface area contributed by atoms with Gasteiger partial charge in [0.25, 0.3) is 5.91 Å². The van der Waals surface area contributed by atoms with Crippen LogP contribution in [-0.4, -0.2) is 32.1 Å². The van der Waals surface area contributed by atoms with Crippen LogP contribution in [0.5, 0.6) is 0 Å². The third-order valence-corrected chi connectivity index (χ3v) is 4.09. The first kappa shape index (κ1) is 18.0. The fraction of sp³-hybridized carbons (Fsp3) is 0.294. The van der Waals surface area contributed by atoms with Gasteiger partial charge in [-0.2, -0.15) is 0 Å². The van der Waals surface area contributed by atoms with E-state index in [0.29, 0.717) is 11.6 Å². The van der Waals surface area contributed by atoms with Crippen molar-refractivity contribution < 1.29 is 18.9 Å². The molecule has 2 rings (SSSR count). The summed E-state index contributed by atoms with van der Waals surface area (Å²) in [5, 5.41) is 5.31. The van der Waals surface area contributed by atoms with Gasteiger partial charge in [-0.15, -0.1) is 0 Å². The third-order valence-electron chi connectivity index (χ3n) is 3.84. The van der Waals surface area contributed by atoms with E-state index in [0.717, 1.165) is 22.0 Å². The number of hydrogen-bond donors (Lipinski definition) is 3. The molecule has 0 saturated carbocycles.